The molecule has 7 nitrogen and oxygen atoms in total. The standard InChI is InChI=1S/C25H21F3N2O5/c1-4-13-35-20-12-7-16(15-21(20)33-5-2)14-19-22(25(26,27)28)29-30(23(19)31)18-10-8-17(9-11-18)24(32)34-6-3/h1,7-12,14-15H,5-6,13H2,2-3H3/b19-14+. The van der Waals surface area contributed by atoms with Gasteiger partial charge in [0.1, 0.15) is 6.61 Å². The Bertz CT molecular complexity index is 1210. The molecule has 0 atom stereocenters. The minimum absolute atomic E-state index is 0.0200. The fourth-order valence-corrected chi connectivity index (χ4v) is 3.17. The summed E-state index contributed by atoms with van der Waals surface area (Å²) in [5, 5.41) is 4.17. The predicted molar refractivity (Wildman–Crippen MR) is 123 cm³/mol. The van der Waals surface area contributed by atoms with Crippen LogP contribution in [0.5, 0.6) is 11.5 Å². The quantitative estimate of drug-likeness (QED) is 0.309. The fourth-order valence-electron chi connectivity index (χ4n) is 3.17. The molecule has 0 unspecified atom stereocenters. The number of carbonyl (C=O) groups excluding carboxylic acids is 2. The molecule has 0 fully saturated rings. The molecule has 0 saturated carbocycles. The first-order valence-electron chi connectivity index (χ1n) is 10.5. The number of rotatable bonds is 8. The van der Waals surface area contributed by atoms with Crippen molar-refractivity contribution in [3.05, 3.63) is 59.2 Å². The second kappa shape index (κ2) is 10.8. The summed E-state index contributed by atoms with van der Waals surface area (Å²) in [6.45, 7) is 3.80. The number of hydrogen-bond donors (Lipinski definition) is 0. The van der Waals surface area contributed by atoms with Gasteiger partial charge in [-0.25, -0.2) is 4.79 Å². The molecule has 0 saturated heterocycles. The van der Waals surface area contributed by atoms with Gasteiger partial charge in [-0.05, 0) is 61.9 Å². The number of amides is 1. The number of anilines is 1. The monoisotopic (exact) mass is 486 g/mol. The van der Waals surface area contributed by atoms with E-state index in [0.717, 1.165) is 6.08 Å². The number of carbonyl (C=O) groups is 2. The van der Waals surface area contributed by atoms with E-state index in [1.54, 1.807) is 13.8 Å². The molecule has 1 heterocycles. The maximum absolute atomic E-state index is 13.8. The van der Waals surface area contributed by atoms with Crippen molar-refractivity contribution in [3.8, 4) is 23.8 Å². The molecule has 0 bridgehead atoms. The molecule has 0 N–H and O–H groups in total. The molecule has 0 spiro atoms. The highest BCUT2D eigenvalue weighted by Crippen LogP contribution is 2.34. The molecule has 0 aromatic heterocycles. The second-order valence-electron chi connectivity index (χ2n) is 7.02. The number of benzene rings is 2. The van der Waals surface area contributed by atoms with Crippen LogP contribution in [-0.4, -0.2) is 43.6 Å². The minimum atomic E-state index is -4.89. The first-order valence-corrected chi connectivity index (χ1v) is 10.5. The number of hydrogen-bond acceptors (Lipinski definition) is 6. The van der Waals surface area contributed by atoms with Gasteiger partial charge in [-0.3, -0.25) is 4.79 Å². The van der Waals surface area contributed by atoms with Gasteiger partial charge in [-0.2, -0.15) is 23.3 Å². The van der Waals surface area contributed by atoms with Crippen LogP contribution in [0.3, 0.4) is 0 Å². The van der Waals surface area contributed by atoms with E-state index in [-0.39, 0.29) is 42.4 Å². The average molecular weight is 486 g/mol. The molecule has 0 aliphatic carbocycles. The summed E-state index contributed by atoms with van der Waals surface area (Å²) in [5.41, 5.74) is -1.48. The first-order chi connectivity index (χ1) is 16.7. The molecule has 3 rings (SSSR count). The molecule has 1 amide bonds. The average Bonchev–Trinajstić information content (AvgIpc) is 3.15. The zero-order chi connectivity index (χ0) is 25.6. The Balaban J connectivity index is 1.98. The number of esters is 1. The molecule has 182 valence electrons. The Morgan fingerprint density at radius 3 is 2.40 bits per heavy atom. The molecular weight excluding hydrogens is 465 g/mol. The van der Waals surface area contributed by atoms with Crippen molar-refractivity contribution < 1.29 is 37.0 Å². The van der Waals surface area contributed by atoms with Gasteiger partial charge in [0.2, 0.25) is 0 Å². The van der Waals surface area contributed by atoms with E-state index in [4.69, 9.17) is 20.6 Å². The van der Waals surface area contributed by atoms with E-state index < -0.39 is 29.3 Å². The van der Waals surface area contributed by atoms with Gasteiger partial charge in [0.25, 0.3) is 5.91 Å². The van der Waals surface area contributed by atoms with Crippen LogP contribution in [-0.2, 0) is 9.53 Å². The van der Waals surface area contributed by atoms with Crippen LogP contribution in [0, 0.1) is 12.3 Å². The lowest BCUT2D eigenvalue weighted by Gasteiger charge is -2.13. The van der Waals surface area contributed by atoms with Crippen molar-refractivity contribution in [2.45, 2.75) is 20.0 Å². The van der Waals surface area contributed by atoms with Crippen molar-refractivity contribution in [2.24, 2.45) is 5.10 Å². The summed E-state index contributed by atoms with van der Waals surface area (Å²) in [6, 6.07) is 9.72. The number of hydrazone groups is 1. The van der Waals surface area contributed by atoms with Crippen LogP contribution in [0.1, 0.15) is 29.8 Å². The van der Waals surface area contributed by atoms with Crippen LogP contribution >= 0.6 is 0 Å². The van der Waals surface area contributed by atoms with Gasteiger partial charge < -0.3 is 14.2 Å². The third-order valence-corrected chi connectivity index (χ3v) is 4.66. The fraction of sp³-hybridized carbons (Fsp3) is 0.240. The molecule has 35 heavy (non-hydrogen) atoms. The highest BCUT2D eigenvalue weighted by Gasteiger charge is 2.46. The van der Waals surface area contributed by atoms with Gasteiger partial charge >= 0.3 is 12.1 Å². The third kappa shape index (κ3) is 5.81. The summed E-state index contributed by atoms with van der Waals surface area (Å²) in [7, 11) is 0. The first kappa shape index (κ1) is 25.4. The highest BCUT2D eigenvalue weighted by atomic mass is 19.4. The van der Waals surface area contributed by atoms with Crippen molar-refractivity contribution in [3.63, 3.8) is 0 Å². The zero-order valence-corrected chi connectivity index (χ0v) is 18.9. The van der Waals surface area contributed by atoms with Crippen LogP contribution < -0.4 is 14.5 Å². The summed E-state index contributed by atoms with van der Waals surface area (Å²) in [5.74, 6) is 1.33. The van der Waals surface area contributed by atoms with E-state index >= 15 is 0 Å². The van der Waals surface area contributed by atoms with E-state index in [9.17, 15) is 22.8 Å². The maximum Gasteiger partial charge on any atom is 0.435 e. The van der Waals surface area contributed by atoms with Gasteiger partial charge in [-0.1, -0.05) is 12.0 Å². The molecule has 1 aliphatic heterocycles. The summed E-state index contributed by atoms with van der Waals surface area (Å²) in [6.07, 6.45) is 1.39. The number of alkyl halides is 3. The summed E-state index contributed by atoms with van der Waals surface area (Å²) in [4.78, 5) is 24.8. The topological polar surface area (TPSA) is 77.4 Å². The van der Waals surface area contributed by atoms with Crippen LogP contribution in [0.25, 0.3) is 6.08 Å². The number of halogens is 3. The van der Waals surface area contributed by atoms with Crippen molar-refractivity contribution >= 4 is 29.4 Å². The SMILES string of the molecule is C#CCOc1ccc(/C=C2/C(=O)N(c3ccc(C(=O)OCC)cc3)N=C2C(F)(F)F)cc1OCC. The Morgan fingerprint density at radius 2 is 1.80 bits per heavy atom. The Labute approximate surface area is 199 Å². The van der Waals surface area contributed by atoms with Gasteiger partial charge in [-0.15, -0.1) is 6.42 Å². The van der Waals surface area contributed by atoms with Crippen LogP contribution in [0.2, 0.25) is 0 Å². The third-order valence-electron chi connectivity index (χ3n) is 4.66. The van der Waals surface area contributed by atoms with Crippen molar-refractivity contribution in [1.82, 2.24) is 0 Å². The smallest absolute Gasteiger partial charge is 0.435 e. The second-order valence-corrected chi connectivity index (χ2v) is 7.02. The van der Waals surface area contributed by atoms with E-state index in [1.165, 1.54) is 42.5 Å². The molecule has 1 aliphatic rings. The van der Waals surface area contributed by atoms with Crippen LogP contribution in [0.15, 0.2) is 53.1 Å². The van der Waals surface area contributed by atoms with Gasteiger partial charge in [0.15, 0.2) is 17.2 Å². The number of ether oxygens (including phenoxy) is 3. The Hall–Kier alpha value is -4.26. The molecule has 0 radical (unpaired) electrons. The molecule has 2 aromatic carbocycles. The summed E-state index contributed by atoms with van der Waals surface area (Å²) < 4.78 is 57.0. The van der Waals surface area contributed by atoms with E-state index in [0.29, 0.717) is 10.8 Å². The van der Waals surface area contributed by atoms with E-state index in [1.807, 2.05) is 0 Å². The number of nitrogens with zero attached hydrogens (tertiary/aromatic N) is 2. The normalized spacial score (nSPS) is 14.5. The van der Waals surface area contributed by atoms with Crippen molar-refractivity contribution in [2.75, 3.05) is 24.8 Å². The number of terminal acetylenes is 1. The van der Waals surface area contributed by atoms with Gasteiger partial charge in [0, 0.05) is 0 Å². The lowest BCUT2D eigenvalue weighted by Crippen LogP contribution is -2.25. The largest absolute Gasteiger partial charge is 0.490 e. The molecule has 2 aromatic rings. The highest BCUT2D eigenvalue weighted by molar-refractivity contribution is 6.34. The lowest BCUT2D eigenvalue weighted by molar-refractivity contribution is -0.114. The Kier molecular flexibility index (Phi) is 7.81. The Morgan fingerprint density at radius 1 is 1.09 bits per heavy atom. The molecular formula is C25H21F3N2O5. The molecule has 10 heteroatoms. The van der Waals surface area contributed by atoms with Crippen LogP contribution in [0.4, 0.5) is 18.9 Å². The zero-order valence-electron chi connectivity index (χ0n) is 18.9. The van der Waals surface area contributed by atoms with E-state index in [2.05, 4.69) is 11.0 Å². The minimum Gasteiger partial charge on any atom is -0.490 e. The lowest BCUT2D eigenvalue weighted by atomic mass is 10.1. The maximum atomic E-state index is 13.8. The van der Waals surface area contributed by atoms with Crippen molar-refractivity contribution in [1.29, 1.82) is 0 Å². The van der Waals surface area contributed by atoms with Gasteiger partial charge in [0.05, 0.1) is 30.0 Å². The summed E-state index contributed by atoms with van der Waals surface area (Å²) >= 11 is 0. The predicted octanol–water partition coefficient (Wildman–Crippen LogP) is 4.62.